The molecule has 4 rings (SSSR count). The molecule has 0 radical (unpaired) electrons. The van der Waals surface area contributed by atoms with Crippen molar-refractivity contribution in [2.24, 2.45) is 0 Å². The maximum absolute atomic E-state index is 12.7. The Morgan fingerprint density at radius 2 is 1.61 bits per heavy atom. The van der Waals surface area contributed by atoms with E-state index in [1.165, 1.54) is 12.1 Å². The number of fused-ring (bicyclic) bond motifs is 1. The number of para-hydroxylation sites is 1. The van der Waals surface area contributed by atoms with Crippen molar-refractivity contribution in [3.63, 3.8) is 0 Å². The van der Waals surface area contributed by atoms with Crippen LogP contribution in [0.1, 0.15) is 20.7 Å². The van der Waals surface area contributed by atoms with Gasteiger partial charge in [-0.3, -0.25) is 9.59 Å². The highest BCUT2D eigenvalue weighted by molar-refractivity contribution is 6.30. The second kappa shape index (κ2) is 10.1. The summed E-state index contributed by atoms with van der Waals surface area (Å²) in [5, 5.41) is 5.89. The van der Waals surface area contributed by atoms with E-state index in [9.17, 15) is 14.4 Å². The lowest BCUT2D eigenvalue weighted by Gasteiger charge is -2.18. The fourth-order valence-electron chi connectivity index (χ4n) is 3.09. The minimum atomic E-state index is -0.684. The number of anilines is 2. The topological polar surface area (TPSA) is 103 Å². The molecule has 0 aliphatic carbocycles. The van der Waals surface area contributed by atoms with Crippen molar-refractivity contribution in [3.8, 4) is 11.5 Å². The van der Waals surface area contributed by atoms with Crippen LogP contribution in [0.5, 0.6) is 11.5 Å². The quantitative estimate of drug-likeness (QED) is 0.529. The first kappa shape index (κ1) is 22.2. The summed E-state index contributed by atoms with van der Waals surface area (Å²) in [6.07, 6.45) is 0. The summed E-state index contributed by atoms with van der Waals surface area (Å²) in [6, 6.07) is 17.8. The smallest absolute Gasteiger partial charge is 0.338 e. The third-order valence-corrected chi connectivity index (χ3v) is 4.91. The molecule has 0 atom stereocenters. The fourth-order valence-corrected chi connectivity index (χ4v) is 3.22. The van der Waals surface area contributed by atoms with Gasteiger partial charge in [-0.25, -0.2) is 4.79 Å². The van der Waals surface area contributed by atoms with Gasteiger partial charge in [-0.1, -0.05) is 23.7 Å². The van der Waals surface area contributed by atoms with E-state index >= 15 is 0 Å². The van der Waals surface area contributed by atoms with Crippen molar-refractivity contribution in [2.45, 2.75) is 0 Å². The van der Waals surface area contributed by atoms with Gasteiger partial charge in [0.25, 0.3) is 11.8 Å². The minimum absolute atomic E-state index is 0.231. The van der Waals surface area contributed by atoms with Gasteiger partial charge < -0.3 is 24.8 Å². The van der Waals surface area contributed by atoms with Crippen molar-refractivity contribution in [2.75, 3.05) is 30.5 Å². The van der Waals surface area contributed by atoms with Crippen LogP contribution in [0.3, 0.4) is 0 Å². The van der Waals surface area contributed by atoms with Crippen LogP contribution in [-0.2, 0) is 9.53 Å². The molecule has 168 valence electrons. The van der Waals surface area contributed by atoms with Gasteiger partial charge in [-0.15, -0.1) is 0 Å². The number of halogens is 1. The summed E-state index contributed by atoms with van der Waals surface area (Å²) >= 11 is 5.86. The van der Waals surface area contributed by atoms with Gasteiger partial charge in [0.05, 0.1) is 16.8 Å². The van der Waals surface area contributed by atoms with Gasteiger partial charge in [-0.05, 0) is 54.6 Å². The first-order valence-corrected chi connectivity index (χ1v) is 10.4. The van der Waals surface area contributed by atoms with Gasteiger partial charge in [0, 0.05) is 10.7 Å². The van der Waals surface area contributed by atoms with Crippen molar-refractivity contribution >= 4 is 40.8 Å². The molecule has 1 aliphatic heterocycles. The molecule has 0 spiro atoms. The lowest BCUT2D eigenvalue weighted by atomic mass is 10.1. The summed E-state index contributed by atoms with van der Waals surface area (Å²) in [7, 11) is 0. The molecule has 2 amide bonds. The minimum Gasteiger partial charge on any atom is -0.486 e. The number of hydrogen-bond donors (Lipinski definition) is 2. The third kappa shape index (κ3) is 5.61. The van der Waals surface area contributed by atoms with Crippen LogP contribution in [0.4, 0.5) is 11.4 Å². The van der Waals surface area contributed by atoms with Gasteiger partial charge in [-0.2, -0.15) is 0 Å². The summed E-state index contributed by atoms with van der Waals surface area (Å²) in [6.45, 7) is 0.301. The van der Waals surface area contributed by atoms with Gasteiger partial charge in [0.1, 0.15) is 13.2 Å². The Kier molecular flexibility index (Phi) is 6.75. The van der Waals surface area contributed by atoms with Crippen molar-refractivity contribution in [3.05, 3.63) is 82.9 Å². The van der Waals surface area contributed by atoms with Crippen LogP contribution in [0.15, 0.2) is 66.7 Å². The fraction of sp³-hybridized carbons (Fsp3) is 0.125. The predicted octanol–water partition coefficient (Wildman–Crippen LogP) is 4.16. The number of hydrogen-bond acceptors (Lipinski definition) is 6. The van der Waals surface area contributed by atoms with E-state index < -0.39 is 24.4 Å². The Morgan fingerprint density at radius 3 is 2.39 bits per heavy atom. The Morgan fingerprint density at radius 1 is 0.879 bits per heavy atom. The number of benzene rings is 3. The largest absolute Gasteiger partial charge is 0.486 e. The Bertz CT molecular complexity index is 1200. The molecule has 0 aromatic heterocycles. The molecule has 0 fully saturated rings. The SMILES string of the molecule is O=C(COC(=O)c1ccc2c(c1)OCCO2)Nc1ccccc1C(=O)Nc1ccc(Cl)cc1. The van der Waals surface area contributed by atoms with Gasteiger partial charge in [0.15, 0.2) is 18.1 Å². The van der Waals surface area contributed by atoms with E-state index in [1.807, 2.05) is 0 Å². The molecule has 3 aromatic carbocycles. The molecule has 0 unspecified atom stereocenters. The van der Waals surface area contributed by atoms with Crippen molar-refractivity contribution in [1.29, 1.82) is 0 Å². The molecule has 1 heterocycles. The number of ether oxygens (including phenoxy) is 3. The molecule has 0 saturated carbocycles. The zero-order chi connectivity index (χ0) is 23.2. The third-order valence-electron chi connectivity index (χ3n) is 4.66. The molecule has 33 heavy (non-hydrogen) atoms. The Balaban J connectivity index is 1.36. The van der Waals surface area contributed by atoms with Crippen LogP contribution in [0.2, 0.25) is 5.02 Å². The molecule has 1 aliphatic rings. The average molecular weight is 467 g/mol. The lowest BCUT2D eigenvalue weighted by molar-refractivity contribution is -0.119. The van der Waals surface area contributed by atoms with Gasteiger partial charge >= 0.3 is 5.97 Å². The highest BCUT2D eigenvalue weighted by Gasteiger charge is 2.18. The molecular formula is C24H19ClN2O6. The molecule has 2 N–H and O–H groups in total. The highest BCUT2D eigenvalue weighted by Crippen LogP contribution is 2.31. The molecular weight excluding hydrogens is 448 g/mol. The van der Waals surface area contributed by atoms with E-state index in [-0.39, 0.29) is 16.8 Å². The van der Waals surface area contributed by atoms with Crippen molar-refractivity contribution in [1.82, 2.24) is 0 Å². The van der Waals surface area contributed by atoms with Crippen LogP contribution in [-0.4, -0.2) is 37.6 Å². The molecule has 9 heteroatoms. The highest BCUT2D eigenvalue weighted by atomic mass is 35.5. The number of carbonyl (C=O) groups excluding carboxylic acids is 3. The predicted molar refractivity (Wildman–Crippen MR) is 122 cm³/mol. The zero-order valence-corrected chi connectivity index (χ0v) is 18.1. The Labute approximate surface area is 194 Å². The number of carbonyl (C=O) groups is 3. The zero-order valence-electron chi connectivity index (χ0n) is 17.3. The molecule has 8 nitrogen and oxygen atoms in total. The van der Waals surface area contributed by atoms with E-state index in [0.29, 0.717) is 35.4 Å². The summed E-state index contributed by atoms with van der Waals surface area (Å²) in [5.74, 6) is -0.699. The maximum atomic E-state index is 12.7. The summed E-state index contributed by atoms with van der Waals surface area (Å²) in [4.78, 5) is 37.4. The standard InChI is InChI=1S/C24H19ClN2O6/c25-16-6-8-17(9-7-16)26-23(29)18-3-1-2-4-19(18)27-22(28)14-33-24(30)15-5-10-20-21(13-15)32-12-11-31-20/h1-10,13H,11-12,14H2,(H,26,29)(H,27,28). The number of esters is 1. The van der Waals surface area contributed by atoms with E-state index in [4.69, 9.17) is 25.8 Å². The molecule has 0 bridgehead atoms. The average Bonchev–Trinajstić information content (AvgIpc) is 2.84. The van der Waals surface area contributed by atoms with Crippen molar-refractivity contribution < 1.29 is 28.6 Å². The van der Waals surface area contributed by atoms with E-state index in [1.54, 1.807) is 54.6 Å². The van der Waals surface area contributed by atoms with Crippen LogP contribution in [0, 0.1) is 0 Å². The second-order valence-electron chi connectivity index (χ2n) is 6.99. The maximum Gasteiger partial charge on any atom is 0.338 e. The van der Waals surface area contributed by atoms with Gasteiger partial charge in [0.2, 0.25) is 0 Å². The van der Waals surface area contributed by atoms with E-state index in [0.717, 1.165) is 0 Å². The monoisotopic (exact) mass is 466 g/mol. The summed E-state index contributed by atoms with van der Waals surface area (Å²) in [5.41, 5.74) is 1.32. The van der Waals surface area contributed by atoms with Crippen LogP contribution in [0.25, 0.3) is 0 Å². The normalized spacial score (nSPS) is 11.9. The van der Waals surface area contributed by atoms with E-state index in [2.05, 4.69) is 10.6 Å². The van der Waals surface area contributed by atoms with Crippen LogP contribution < -0.4 is 20.1 Å². The number of rotatable bonds is 6. The van der Waals surface area contributed by atoms with Crippen LogP contribution >= 0.6 is 11.6 Å². The first-order chi connectivity index (χ1) is 16.0. The molecule has 0 saturated heterocycles. The first-order valence-electron chi connectivity index (χ1n) is 10.0. The lowest BCUT2D eigenvalue weighted by Crippen LogP contribution is -2.23. The Hall–Kier alpha value is -4.04. The molecule has 3 aromatic rings. The number of nitrogens with one attached hydrogen (secondary N) is 2. The number of amides is 2. The second-order valence-corrected chi connectivity index (χ2v) is 7.43. The summed E-state index contributed by atoms with van der Waals surface area (Å²) < 4.78 is 16.0.